The summed E-state index contributed by atoms with van der Waals surface area (Å²) in [5.41, 5.74) is 5.84. The van der Waals surface area contributed by atoms with Gasteiger partial charge in [-0.25, -0.2) is 0 Å². The van der Waals surface area contributed by atoms with Gasteiger partial charge in [-0.1, -0.05) is 42.0 Å². The summed E-state index contributed by atoms with van der Waals surface area (Å²) in [6, 6.07) is 14.9. The molecule has 3 aliphatic rings. The summed E-state index contributed by atoms with van der Waals surface area (Å²) in [7, 11) is 0. The van der Waals surface area contributed by atoms with Crippen molar-refractivity contribution in [2.24, 2.45) is 0 Å². The fourth-order valence-electron chi connectivity index (χ4n) is 5.34. The van der Waals surface area contributed by atoms with Crippen molar-refractivity contribution in [3.8, 4) is 0 Å². The van der Waals surface area contributed by atoms with E-state index in [0.29, 0.717) is 18.5 Å². The van der Waals surface area contributed by atoms with Gasteiger partial charge in [0, 0.05) is 25.0 Å². The molecule has 3 atom stereocenters. The fourth-order valence-corrected chi connectivity index (χ4v) is 5.34. The number of fused-ring (bicyclic) bond motifs is 3. The number of aliphatic hydroxyl groups excluding tert-OH is 1. The number of aliphatic hydroxyl groups is 1. The molecule has 0 saturated carbocycles. The summed E-state index contributed by atoms with van der Waals surface area (Å²) in [6.07, 6.45) is 2.49. The van der Waals surface area contributed by atoms with Crippen LogP contribution in [0.4, 0.5) is 11.4 Å². The van der Waals surface area contributed by atoms with Gasteiger partial charge in [0.2, 0.25) is 5.91 Å². The van der Waals surface area contributed by atoms with E-state index < -0.39 is 0 Å². The molecule has 1 amide bonds. The minimum absolute atomic E-state index is 0.0998. The maximum Gasteiger partial charge on any atom is 0.243 e. The molecule has 29 heavy (non-hydrogen) atoms. The molecule has 5 nitrogen and oxygen atoms in total. The fraction of sp³-hybridized carbons (Fsp3) is 0.458. The number of rotatable bonds is 5. The van der Waals surface area contributed by atoms with Gasteiger partial charge in [0.1, 0.15) is 0 Å². The monoisotopic (exact) mass is 391 g/mol. The third kappa shape index (κ3) is 3.43. The van der Waals surface area contributed by atoms with E-state index in [2.05, 4.69) is 46.3 Å². The topological polar surface area (TPSA) is 55.8 Å². The zero-order chi connectivity index (χ0) is 20.0. The van der Waals surface area contributed by atoms with E-state index in [1.165, 1.54) is 16.8 Å². The number of carbonyl (C=O) groups excluding carboxylic acids is 1. The van der Waals surface area contributed by atoms with Crippen LogP contribution < -0.4 is 10.2 Å². The number of hydrogen-bond acceptors (Lipinski definition) is 4. The van der Waals surface area contributed by atoms with Crippen molar-refractivity contribution >= 4 is 17.3 Å². The number of piperidine rings is 1. The van der Waals surface area contributed by atoms with Crippen LogP contribution in [0.5, 0.6) is 0 Å². The van der Waals surface area contributed by atoms with Crippen molar-refractivity contribution in [1.82, 2.24) is 4.90 Å². The summed E-state index contributed by atoms with van der Waals surface area (Å²) in [5.74, 6) is 0.566. The van der Waals surface area contributed by atoms with E-state index in [-0.39, 0.29) is 12.0 Å². The quantitative estimate of drug-likeness (QED) is 0.820. The molecular weight excluding hydrogens is 362 g/mol. The number of likely N-dealkylation sites (tertiary alicyclic amines) is 1. The molecule has 2 aromatic carbocycles. The lowest BCUT2D eigenvalue weighted by Crippen LogP contribution is -2.49. The molecular formula is C24H29N3O2. The van der Waals surface area contributed by atoms with Gasteiger partial charge >= 0.3 is 0 Å². The molecule has 2 aromatic rings. The number of aryl methyl sites for hydroxylation is 1. The van der Waals surface area contributed by atoms with E-state index in [0.717, 1.165) is 50.1 Å². The first kappa shape index (κ1) is 18.6. The van der Waals surface area contributed by atoms with Crippen LogP contribution in [0, 0.1) is 6.92 Å². The molecule has 0 bridgehead atoms. The van der Waals surface area contributed by atoms with Gasteiger partial charge in [-0.15, -0.1) is 0 Å². The van der Waals surface area contributed by atoms with E-state index in [1.807, 2.05) is 18.2 Å². The van der Waals surface area contributed by atoms with Gasteiger partial charge in [0.25, 0.3) is 0 Å². The average molecular weight is 392 g/mol. The van der Waals surface area contributed by atoms with E-state index in [1.54, 1.807) is 0 Å². The predicted molar refractivity (Wildman–Crippen MR) is 115 cm³/mol. The second kappa shape index (κ2) is 7.47. The Morgan fingerprint density at radius 2 is 2.03 bits per heavy atom. The second-order valence-electron chi connectivity index (χ2n) is 8.75. The Labute approximate surface area is 172 Å². The second-order valence-corrected chi connectivity index (χ2v) is 8.75. The highest BCUT2D eigenvalue weighted by Crippen LogP contribution is 2.49. The molecule has 5 heteroatoms. The molecule has 0 radical (unpaired) electrons. The van der Waals surface area contributed by atoms with Gasteiger partial charge in [0.05, 0.1) is 24.0 Å². The number of carbonyl (C=O) groups is 1. The smallest absolute Gasteiger partial charge is 0.243 e. The van der Waals surface area contributed by atoms with Gasteiger partial charge < -0.3 is 20.2 Å². The highest BCUT2D eigenvalue weighted by molar-refractivity contribution is 6.03. The first-order valence-corrected chi connectivity index (χ1v) is 10.8. The van der Waals surface area contributed by atoms with Crippen molar-refractivity contribution < 1.29 is 9.90 Å². The van der Waals surface area contributed by atoms with Crippen LogP contribution >= 0.6 is 0 Å². The summed E-state index contributed by atoms with van der Waals surface area (Å²) in [4.78, 5) is 17.0. The zero-order valence-electron chi connectivity index (χ0n) is 17.0. The van der Waals surface area contributed by atoms with Crippen LogP contribution in [0.15, 0.2) is 42.5 Å². The van der Waals surface area contributed by atoms with Crippen LogP contribution in [0.1, 0.15) is 48.0 Å². The van der Waals surface area contributed by atoms with Crippen molar-refractivity contribution in [3.63, 3.8) is 0 Å². The van der Waals surface area contributed by atoms with Gasteiger partial charge in [0.15, 0.2) is 0 Å². The number of para-hydroxylation sites is 1. The molecule has 1 fully saturated rings. The van der Waals surface area contributed by atoms with Gasteiger partial charge in [-0.2, -0.15) is 0 Å². The summed E-state index contributed by atoms with van der Waals surface area (Å²) < 4.78 is 0. The average Bonchev–Trinajstić information content (AvgIpc) is 3.03. The summed E-state index contributed by atoms with van der Waals surface area (Å²) >= 11 is 0. The molecule has 152 valence electrons. The Hall–Kier alpha value is -2.37. The molecule has 0 aliphatic carbocycles. The Bertz CT molecular complexity index is 911. The van der Waals surface area contributed by atoms with Crippen LogP contribution in [-0.2, 0) is 4.79 Å². The normalized spacial score (nSPS) is 24.1. The third-order valence-corrected chi connectivity index (χ3v) is 6.82. The molecule has 0 aromatic heterocycles. The predicted octanol–water partition coefficient (Wildman–Crippen LogP) is 3.44. The van der Waals surface area contributed by atoms with E-state index in [9.17, 15) is 9.90 Å². The molecule has 3 aliphatic heterocycles. The number of benzene rings is 2. The lowest BCUT2D eigenvalue weighted by molar-refractivity contribution is -0.115. The number of anilines is 2. The number of hydrogen-bond donors (Lipinski definition) is 2. The van der Waals surface area contributed by atoms with Crippen molar-refractivity contribution in [2.45, 2.75) is 44.2 Å². The third-order valence-electron chi connectivity index (χ3n) is 6.82. The number of nitrogens with one attached hydrogen (secondary N) is 1. The summed E-state index contributed by atoms with van der Waals surface area (Å²) in [5, 5.41) is 13.5. The Morgan fingerprint density at radius 1 is 1.21 bits per heavy atom. The zero-order valence-corrected chi connectivity index (χ0v) is 17.0. The first-order valence-electron chi connectivity index (χ1n) is 10.8. The number of nitrogens with zero attached hydrogens (tertiary/aromatic N) is 2. The van der Waals surface area contributed by atoms with Gasteiger partial charge in [-0.05, 0) is 49.9 Å². The molecule has 5 rings (SSSR count). The molecule has 2 N–H and O–H groups in total. The van der Waals surface area contributed by atoms with Crippen molar-refractivity contribution in [3.05, 3.63) is 59.2 Å². The van der Waals surface area contributed by atoms with Crippen LogP contribution in [-0.4, -0.2) is 48.1 Å². The highest BCUT2D eigenvalue weighted by atomic mass is 16.3. The highest BCUT2D eigenvalue weighted by Gasteiger charge is 2.44. The first-order chi connectivity index (χ1) is 14.1. The molecule has 0 spiro atoms. The van der Waals surface area contributed by atoms with Crippen molar-refractivity contribution in [2.75, 3.05) is 36.4 Å². The van der Waals surface area contributed by atoms with Crippen LogP contribution in [0.25, 0.3) is 0 Å². The summed E-state index contributed by atoms with van der Waals surface area (Å²) in [6.45, 7) is 5.65. The van der Waals surface area contributed by atoms with E-state index >= 15 is 0 Å². The molecule has 1 unspecified atom stereocenters. The maximum absolute atomic E-state index is 12.1. The van der Waals surface area contributed by atoms with Crippen LogP contribution in [0.2, 0.25) is 0 Å². The van der Waals surface area contributed by atoms with Crippen LogP contribution in [0.3, 0.4) is 0 Å². The molecule has 3 heterocycles. The Balaban J connectivity index is 1.21. The lowest BCUT2D eigenvalue weighted by atomic mass is 9.89. The Kier molecular flexibility index (Phi) is 4.80. The number of amides is 1. The maximum atomic E-state index is 12.1. The SMILES string of the molecule is Cc1ccc(C(O)CCCN2CC[C@H]3[C@@H](C2)c2cccc4c2N3CC(=O)N4)cc1. The Morgan fingerprint density at radius 3 is 2.86 bits per heavy atom. The minimum atomic E-state index is -0.385. The minimum Gasteiger partial charge on any atom is -0.388 e. The standard InChI is InChI=1S/C24H29N3O2/c1-16-7-9-17(10-8-16)22(28)6-3-12-26-13-11-21-19(14-26)18-4-2-5-20-24(18)27(21)15-23(29)25-20/h2,4-5,7-10,19,21-22,28H,3,6,11-15H2,1H3,(H,25,29)/t19-,21-,22?/m0/s1. The van der Waals surface area contributed by atoms with Gasteiger partial charge in [-0.3, -0.25) is 4.79 Å². The molecule has 1 saturated heterocycles. The van der Waals surface area contributed by atoms with E-state index in [4.69, 9.17) is 0 Å². The largest absolute Gasteiger partial charge is 0.388 e. The lowest BCUT2D eigenvalue weighted by Gasteiger charge is -2.39. The van der Waals surface area contributed by atoms with Crippen molar-refractivity contribution in [1.29, 1.82) is 0 Å².